The third kappa shape index (κ3) is 2.49. The van der Waals surface area contributed by atoms with Crippen molar-refractivity contribution in [1.82, 2.24) is 5.16 Å². The van der Waals surface area contributed by atoms with Crippen LogP contribution in [0, 0.1) is 13.8 Å². The van der Waals surface area contributed by atoms with E-state index in [1.165, 1.54) is 5.56 Å². The van der Waals surface area contributed by atoms with Crippen molar-refractivity contribution in [3.63, 3.8) is 0 Å². The van der Waals surface area contributed by atoms with Crippen molar-refractivity contribution in [3.8, 4) is 0 Å². The number of aryl methyl sites for hydroxylation is 2. The number of aromatic nitrogens is 1. The highest BCUT2D eigenvalue weighted by Gasteiger charge is 2.11. The van der Waals surface area contributed by atoms with E-state index >= 15 is 0 Å². The Morgan fingerprint density at radius 3 is 2.50 bits per heavy atom. The van der Waals surface area contributed by atoms with E-state index < -0.39 is 6.10 Å². The average Bonchev–Trinajstić information content (AvgIpc) is 2.65. The summed E-state index contributed by atoms with van der Waals surface area (Å²) in [5, 5.41) is 13.8. The zero-order valence-electron chi connectivity index (χ0n) is 9.47. The third-order valence-corrected chi connectivity index (χ3v) is 2.53. The van der Waals surface area contributed by atoms with Gasteiger partial charge in [0.05, 0.1) is 11.8 Å². The largest absolute Gasteiger partial charge is 0.388 e. The highest BCUT2D eigenvalue weighted by Crippen LogP contribution is 2.19. The van der Waals surface area contributed by atoms with E-state index in [0.29, 0.717) is 12.2 Å². The number of benzene rings is 1. The molecule has 16 heavy (non-hydrogen) atoms. The maximum absolute atomic E-state index is 9.99. The van der Waals surface area contributed by atoms with Crippen molar-refractivity contribution in [2.75, 3.05) is 0 Å². The fourth-order valence-electron chi connectivity index (χ4n) is 1.61. The summed E-state index contributed by atoms with van der Waals surface area (Å²) in [6.45, 7) is 3.89. The minimum absolute atomic E-state index is 0.462. The van der Waals surface area contributed by atoms with E-state index in [4.69, 9.17) is 4.52 Å². The fourth-order valence-corrected chi connectivity index (χ4v) is 1.61. The normalized spacial score (nSPS) is 12.7. The molecule has 0 fully saturated rings. The Bertz CT molecular complexity index is 459. The summed E-state index contributed by atoms with van der Waals surface area (Å²) in [6.07, 6.45) is -0.0721. The second-order valence-electron chi connectivity index (χ2n) is 4.07. The van der Waals surface area contributed by atoms with Crippen LogP contribution in [0.3, 0.4) is 0 Å². The fraction of sp³-hybridized carbons (Fsp3) is 0.308. The van der Waals surface area contributed by atoms with Gasteiger partial charge in [-0.05, 0) is 19.4 Å². The summed E-state index contributed by atoms with van der Waals surface area (Å²) < 4.78 is 5.07. The summed E-state index contributed by atoms with van der Waals surface area (Å²) in [7, 11) is 0. The SMILES string of the molecule is Cc1ccc([C@H](O)Cc2cc(C)no2)cc1. The first kappa shape index (κ1) is 10.9. The molecule has 2 rings (SSSR count). The van der Waals surface area contributed by atoms with Crippen LogP contribution in [0.25, 0.3) is 0 Å². The molecule has 0 unspecified atom stereocenters. The van der Waals surface area contributed by atoms with Gasteiger partial charge < -0.3 is 9.63 Å². The van der Waals surface area contributed by atoms with Gasteiger partial charge in [0.1, 0.15) is 5.76 Å². The van der Waals surface area contributed by atoms with Crippen molar-refractivity contribution in [2.45, 2.75) is 26.4 Å². The highest BCUT2D eigenvalue weighted by atomic mass is 16.5. The van der Waals surface area contributed by atoms with Gasteiger partial charge in [-0.15, -0.1) is 0 Å². The zero-order chi connectivity index (χ0) is 11.5. The first-order valence-corrected chi connectivity index (χ1v) is 5.32. The Kier molecular flexibility index (Phi) is 3.06. The molecule has 3 heteroatoms. The Morgan fingerprint density at radius 2 is 1.94 bits per heavy atom. The van der Waals surface area contributed by atoms with Crippen LogP contribution in [0.15, 0.2) is 34.9 Å². The number of rotatable bonds is 3. The monoisotopic (exact) mass is 217 g/mol. The van der Waals surface area contributed by atoms with Crippen LogP contribution in [-0.2, 0) is 6.42 Å². The Hall–Kier alpha value is -1.61. The van der Waals surface area contributed by atoms with Crippen LogP contribution < -0.4 is 0 Å². The quantitative estimate of drug-likeness (QED) is 0.859. The van der Waals surface area contributed by atoms with Gasteiger partial charge in [0.2, 0.25) is 0 Å². The third-order valence-electron chi connectivity index (χ3n) is 2.53. The molecule has 0 amide bonds. The summed E-state index contributed by atoms with van der Waals surface area (Å²) in [6, 6.07) is 9.69. The van der Waals surface area contributed by atoms with Gasteiger partial charge >= 0.3 is 0 Å². The number of hydrogen-bond donors (Lipinski definition) is 1. The molecule has 1 aromatic carbocycles. The van der Waals surface area contributed by atoms with Crippen LogP contribution in [0.2, 0.25) is 0 Å². The predicted octanol–water partition coefficient (Wildman–Crippen LogP) is 2.57. The molecule has 2 aromatic rings. The van der Waals surface area contributed by atoms with Gasteiger partial charge in [0, 0.05) is 12.5 Å². The number of hydrogen-bond acceptors (Lipinski definition) is 3. The first-order chi connectivity index (χ1) is 7.65. The maximum Gasteiger partial charge on any atom is 0.139 e. The Labute approximate surface area is 94.7 Å². The summed E-state index contributed by atoms with van der Waals surface area (Å²) in [4.78, 5) is 0. The van der Waals surface area contributed by atoms with Crippen molar-refractivity contribution in [3.05, 3.63) is 52.9 Å². The van der Waals surface area contributed by atoms with Crippen LogP contribution in [0.4, 0.5) is 0 Å². The minimum atomic E-state index is -0.534. The molecule has 0 saturated carbocycles. The van der Waals surface area contributed by atoms with Crippen LogP contribution in [0.5, 0.6) is 0 Å². The Balaban J connectivity index is 2.08. The van der Waals surface area contributed by atoms with E-state index in [1.807, 2.05) is 44.2 Å². The molecule has 1 atom stereocenters. The minimum Gasteiger partial charge on any atom is -0.388 e. The number of aliphatic hydroxyl groups excluding tert-OH is 1. The second-order valence-corrected chi connectivity index (χ2v) is 4.07. The molecular formula is C13H15NO2. The maximum atomic E-state index is 9.99. The van der Waals surface area contributed by atoms with Crippen LogP contribution >= 0.6 is 0 Å². The van der Waals surface area contributed by atoms with Crippen molar-refractivity contribution in [1.29, 1.82) is 0 Å². The van der Waals surface area contributed by atoms with Gasteiger partial charge in [-0.1, -0.05) is 35.0 Å². The molecule has 1 N–H and O–H groups in total. The smallest absolute Gasteiger partial charge is 0.139 e. The molecule has 0 aliphatic carbocycles. The number of aliphatic hydroxyl groups is 1. The van der Waals surface area contributed by atoms with E-state index in [-0.39, 0.29) is 0 Å². The second kappa shape index (κ2) is 4.49. The summed E-state index contributed by atoms with van der Waals surface area (Å²) in [5.41, 5.74) is 2.93. The van der Waals surface area contributed by atoms with Crippen LogP contribution in [-0.4, -0.2) is 10.3 Å². The summed E-state index contributed by atoms with van der Waals surface area (Å²) >= 11 is 0. The van der Waals surface area contributed by atoms with Gasteiger partial charge in [0.25, 0.3) is 0 Å². The highest BCUT2D eigenvalue weighted by molar-refractivity contribution is 5.24. The standard InChI is InChI=1S/C13H15NO2/c1-9-3-5-11(6-4-9)13(15)8-12-7-10(2)14-16-12/h3-7,13,15H,8H2,1-2H3/t13-/m1/s1. The van der Waals surface area contributed by atoms with Crippen molar-refractivity contribution >= 4 is 0 Å². The van der Waals surface area contributed by atoms with Gasteiger partial charge in [-0.2, -0.15) is 0 Å². The van der Waals surface area contributed by atoms with Gasteiger partial charge in [-0.25, -0.2) is 0 Å². The molecule has 3 nitrogen and oxygen atoms in total. The summed E-state index contributed by atoms with van der Waals surface area (Å²) in [5.74, 6) is 0.713. The van der Waals surface area contributed by atoms with Gasteiger partial charge in [-0.3, -0.25) is 0 Å². The molecule has 0 aliphatic rings. The van der Waals surface area contributed by atoms with E-state index in [2.05, 4.69) is 5.16 Å². The predicted molar refractivity (Wildman–Crippen MR) is 61.1 cm³/mol. The van der Waals surface area contributed by atoms with E-state index in [0.717, 1.165) is 11.3 Å². The number of nitrogens with zero attached hydrogens (tertiary/aromatic N) is 1. The first-order valence-electron chi connectivity index (χ1n) is 5.32. The van der Waals surface area contributed by atoms with Gasteiger partial charge in [0.15, 0.2) is 0 Å². The molecule has 0 saturated heterocycles. The molecule has 84 valence electrons. The lowest BCUT2D eigenvalue weighted by Crippen LogP contribution is -2.00. The molecule has 1 heterocycles. The van der Waals surface area contributed by atoms with Crippen molar-refractivity contribution in [2.24, 2.45) is 0 Å². The van der Waals surface area contributed by atoms with Crippen LogP contribution in [0.1, 0.15) is 28.7 Å². The lowest BCUT2D eigenvalue weighted by atomic mass is 10.0. The lowest BCUT2D eigenvalue weighted by Gasteiger charge is -2.08. The topological polar surface area (TPSA) is 46.3 Å². The molecule has 0 radical (unpaired) electrons. The molecule has 0 bridgehead atoms. The molecule has 0 aliphatic heterocycles. The Morgan fingerprint density at radius 1 is 1.25 bits per heavy atom. The molecule has 0 spiro atoms. The van der Waals surface area contributed by atoms with E-state index in [1.54, 1.807) is 0 Å². The lowest BCUT2D eigenvalue weighted by molar-refractivity contribution is 0.166. The van der Waals surface area contributed by atoms with Crippen molar-refractivity contribution < 1.29 is 9.63 Å². The average molecular weight is 217 g/mol. The van der Waals surface area contributed by atoms with E-state index in [9.17, 15) is 5.11 Å². The molecule has 1 aromatic heterocycles. The molecular weight excluding hydrogens is 202 g/mol. The zero-order valence-corrected chi connectivity index (χ0v) is 9.47.